The summed E-state index contributed by atoms with van der Waals surface area (Å²) in [6, 6.07) is 11.3. The van der Waals surface area contributed by atoms with Crippen molar-refractivity contribution >= 4 is 5.91 Å². The minimum Gasteiger partial charge on any atom is -0.493 e. The van der Waals surface area contributed by atoms with Crippen LogP contribution in [0.25, 0.3) is 11.1 Å². The van der Waals surface area contributed by atoms with Crippen molar-refractivity contribution in [3.05, 3.63) is 53.8 Å². The third-order valence-corrected chi connectivity index (χ3v) is 2.86. The van der Waals surface area contributed by atoms with Gasteiger partial charge >= 0.3 is 0 Å². The Morgan fingerprint density at radius 3 is 2.60 bits per heavy atom. The molecule has 0 aliphatic rings. The van der Waals surface area contributed by atoms with Crippen molar-refractivity contribution in [1.82, 2.24) is 0 Å². The van der Waals surface area contributed by atoms with Crippen molar-refractivity contribution in [2.45, 2.75) is 13.3 Å². The monoisotopic (exact) mass is 273 g/mol. The third-order valence-electron chi connectivity index (χ3n) is 2.86. The highest BCUT2D eigenvalue weighted by atomic mass is 19.1. The van der Waals surface area contributed by atoms with Gasteiger partial charge in [0.15, 0.2) is 0 Å². The third kappa shape index (κ3) is 3.15. The molecule has 0 radical (unpaired) electrons. The normalized spacial score (nSPS) is 10.3. The summed E-state index contributed by atoms with van der Waals surface area (Å²) in [7, 11) is 0. The minimum absolute atomic E-state index is 0.306. The number of rotatable bonds is 5. The molecule has 0 spiro atoms. The van der Waals surface area contributed by atoms with E-state index >= 15 is 0 Å². The molecule has 0 atom stereocenters. The number of primary amides is 1. The number of hydrogen-bond acceptors (Lipinski definition) is 2. The van der Waals surface area contributed by atoms with Gasteiger partial charge in [0.25, 0.3) is 5.91 Å². The average Bonchev–Trinajstić information content (AvgIpc) is 2.44. The molecule has 4 heteroatoms. The molecule has 1 amide bonds. The van der Waals surface area contributed by atoms with E-state index in [1.54, 1.807) is 30.3 Å². The highest BCUT2D eigenvalue weighted by molar-refractivity contribution is 5.97. The summed E-state index contributed by atoms with van der Waals surface area (Å²) in [5.74, 6) is -0.428. The molecular weight excluding hydrogens is 257 g/mol. The quantitative estimate of drug-likeness (QED) is 0.908. The van der Waals surface area contributed by atoms with Crippen LogP contribution in [0.1, 0.15) is 23.7 Å². The van der Waals surface area contributed by atoms with Gasteiger partial charge in [-0.15, -0.1) is 0 Å². The maximum Gasteiger partial charge on any atom is 0.252 e. The zero-order chi connectivity index (χ0) is 14.5. The molecule has 2 N–H and O–H groups in total. The van der Waals surface area contributed by atoms with Crippen molar-refractivity contribution in [1.29, 1.82) is 0 Å². The van der Waals surface area contributed by atoms with Crippen molar-refractivity contribution in [2.75, 3.05) is 6.61 Å². The molecule has 2 aromatic carbocycles. The molecule has 0 aliphatic heterocycles. The van der Waals surface area contributed by atoms with Crippen LogP contribution in [-0.2, 0) is 0 Å². The second-order valence-electron chi connectivity index (χ2n) is 4.43. The van der Waals surface area contributed by atoms with Gasteiger partial charge in [-0.3, -0.25) is 4.79 Å². The molecule has 0 aliphatic carbocycles. The number of amides is 1. The summed E-state index contributed by atoms with van der Waals surface area (Å²) in [6.07, 6.45) is 0.837. The number of nitrogens with two attached hydrogens (primary N) is 1. The summed E-state index contributed by atoms with van der Waals surface area (Å²) < 4.78 is 18.7. The fourth-order valence-electron chi connectivity index (χ4n) is 1.91. The number of carbonyl (C=O) groups excluding carboxylic acids is 1. The summed E-state index contributed by atoms with van der Waals surface area (Å²) in [5, 5.41) is 0. The Kier molecular flexibility index (Phi) is 4.35. The molecule has 0 bridgehead atoms. The lowest BCUT2D eigenvalue weighted by molar-refractivity contribution is 0.0996. The first-order valence-electron chi connectivity index (χ1n) is 6.44. The first kappa shape index (κ1) is 14.1. The summed E-state index contributed by atoms with van der Waals surface area (Å²) in [4.78, 5) is 11.5. The Morgan fingerprint density at radius 1 is 1.20 bits per heavy atom. The predicted octanol–water partition coefficient (Wildman–Crippen LogP) is 3.38. The highest BCUT2D eigenvalue weighted by Crippen LogP contribution is 2.27. The number of carbonyl (C=O) groups is 1. The van der Waals surface area contributed by atoms with E-state index in [-0.39, 0.29) is 5.82 Å². The maximum absolute atomic E-state index is 13.2. The van der Waals surface area contributed by atoms with Crippen LogP contribution in [0, 0.1) is 5.82 Å². The van der Waals surface area contributed by atoms with Gasteiger partial charge in [-0.1, -0.05) is 25.1 Å². The molecule has 20 heavy (non-hydrogen) atoms. The lowest BCUT2D eigenvalue weighted by Crippen LogP contribution is -2.13. The fraction of sp³-hybridized carbons (Fsp3) is 0.188. The Labute approximate surface area is 117 Å². The largest absolute Gasteiger partial charge is 0.493 e. The Bertz CT molecular complexity index is 626. The molecule has 0 saturated heterocycles. The molecule has 0 unspecified atom stereocenters. The minimum atomic E-state index is -0.561. The Balaban J connectivity index is 2.42. The molecule has 3 nitrogen and oxygen atoms in total. The van der Waals surface area contributed by atoms with Crippen LogP contribution in [0.4, 0.5) is 4.39 Å². The van der Waals surface area contributed by atoms with Gasteiger partial charge in [0, 0.05) is 0 Å². The van der Waals surface area contributed by atoms with E-state index in [0.717, 1.165) is 12.0 Å². The summed E-state index contributed by atoms with van der Waals surface area (Å²) >= 11 is 0. The van der Waals surface area contributed by atoms with Crippen LogP contribution >= 0.6 is 0 Å². The Morgan fingerprint density at radius 2 is 1.95 bits per heavy atom. The van der Waals surface area contributed by atoms with Crippen LogP contribution < -0.4 is 10.5 Å². The first-order chi connectivity index (χ1) is 9.61. The second-order valence-corrected chi connectivity index (χ2v) is 4.43. The fourth-order valence-corrected chi connectivity index (χ4v) is 1.91. The van der Waals surface area contributed by atoms with Crippen LogP contribution in [0.5, 0.6) is 5.75 Å². The van der Waals surface area contributed by atoms with Gasteiger partial charge in [0.05, 0.1) is 12.2 Å². The van der Waals surface area contributed by atoms with Crippen molar-refractivity contribution in [3.63, 3.8) is 0 Å². The zero-order valence-electron chi connectivity index (χ0n) is 11.2. The SMILES string of the molecule is CCCOc1ccc(-c2cccc(F)c2)cc1C(N)=O. The maximum atomic E-state index is 13.2. The van der Waals surface area contributed by atoms with Gasteiger partial charge in [0.1, 0.15) is 11.6 Å². The smallest absolute Gasteiger partial charge is 0.252 e. The Hall–Kier alpha value is -2.36. The zero-order valence-corrected chi connectivity index (χ0v) is 11.2. The van der Waals surface area contributed by atoms with Gasteiger partial charge in [-0.25, -0.2) is 4.39 Å². The molecule has 0 heterocycles. The molecule has 104 valence electrons. The summed E-state index contributed by atoms with van der Waals surface area (Å²) in [6.45, 7) is 2.49. The molecule has 2 rings (SSSR count). The van der Waals surface area contributed by atoms with E-state index < -0.39 is 5.91 Å². The topological polar surface area (TPSA) is 52.3 Å². The van der Waals surface area contributed by atoms with E-state index in [9.17, 15) is 9.18 Å². The van der Waals surface area contributed by atoms with E-state index in [0.29, 0.717) is 23.5 Å². The highest BCUT2D eigenvalue weighted by Gasteiger charge is 2.11. The molecule has 0 saturated carbocycles. The van der Waals surface area contributed by atoms with E-state index in [1.165, 1.54) is 12.1 Å². The lowest BCUT2D eigenvalue weighted by atomic mass is 10.0. The molecule has 0 aromatic heterocycles. The number of benzene rings is 2. The van der Waals surface area contributed by atoms with Crippen LogP contribution in [0.3, 0.4) is 0 Å². The van der Waals surface area contributed by atoms with Gasteiger partial charge in [-0.2, -0.15) is 0 Å². The lowest BCUT2D eigenvalue weighted by Gasteiger charge is -2.11. The van der Waals surface area contributed by atoms with E-state index in [4.69, 9.17) is 10.5 Å². The number of ether oxygens (including phenoxy) is 1. The van der Waals surface area contributed by atoms with Crippen LogP contribution in [0.2, 0.25) is 0 Å². The van der Waals surface area contributed by atoms with Crippen molar-refractivity contribution < 1.29 is 13.9 Å². The first-order valence-corrected chi connectivity index (χ1v) is 6.44. The van der Waals surface area contributed by atoms with Crippen molar-refractivity contribution in [2.24, 2.45) is 5.73 Å². The predicted molar refractivity (Wildman–Crippen MR) is 76.1 cm³/mol. The number of hydrogen-bond donors (Lipinski definition) is 1. The summed E-state index contributed by atoms with van der Waals surface area (Å²) in [5.41, 5.74) is 7.09. The average molecular weight is 273 g/mol. The van der Waals surface area contributed by atoms with Crippen LogP contribution in [-0.4, -0.2) is 12.5 Å². The molecular formula is C16H16FNO2. The molecule has 2 aromatic rings. The van der Waals surface area contributed by atoms with Gasteiger partial charge in [-0.05, 0) is 41.8 Å². The van der Waals surface area contributed by atoms with Gasteiger partial charge < -0.3 is 10.5 Å². The van der Waals surface area contributed by atoms with Crippen molar-refractivity contribution in [3.8, 4) is 16.9 Å². The second kappa shape index (κ2) is 6.19. The van der Waals surface area contributed by atoms with Crippen LogP contribution in [0.15, 0.2) is 42.5 Å². The van der Waals surface area contributed by atoms with E-state index in [1.807, 2.05) is 6.92 Å². The molecule has 0 fully saturated rings. The standard InChI is InChI=1S/C16H16FNO2/c1-2-8-20-15-7-6-12(10-14(15)16(18)19)11-4-3-5-13(17)9-11/h3-7,9-10H,2,8H2,1H3,(H2,18,19). The van der Waals surface area contributed by atoms with E-state index in [2.05, 4.69) is 0 Å². The number of halogens is 1. The van der Waals surface area contributed by atoms with Gasteiger partial charge in [0.2, 0.25) is 0 Å².